The van der Waals surface area contributed by atoms with Crippen LogP contribution in [0.3, 0.4) is 0 Å². The Morgan fingerprint density at radius 2 is 1.62 bits per heavy atom. The Morgan fingerprint density at radius 3 is 2.23 bits per heavy atom. The fourth-order valence-electron chi connectivity index (χ4n) is 2.76. The van der Waals surface area contributed by atoms with Gasteiger partial charge in [0.2, 0.25) is 5.75 Å². The normalized spacial score (nSPS) is 11.9. The monoisotopic (exact) mass is 361 g/mol. The van der Waals surface area contributed by atoms with E-state index in [9.17, 15) is 5.11 Å². The van der Waals surface area contributed by atoms with Crippen molar-refractivity contribution in [3.05, 3.63) is 48.0 Å². The zero-order valence-corrected chi connectivity index (χ0v) is 15.8. The second-order valence-corrected chi connectivity index (χ2v) is 5.97. The van der Waals surface area contributed by atoms with Crippen molar-refractivity contribution < 1.29 is 24.1 Å². The molecule has 2 aromatic rings. The number of benzene rings is 2. The number of methoxy groups -OCH3 is 3. The maximum atomic E-state index is 10.2. The van der Waals surface area contributed by atoms with Crippen molar-refractivity contribution in [2.45, 2.75) is 12.6 Å². The van der Waals surface area contributed by atoms with Gasteiger partial charge in [0.15, 0.2) is 11.5 Å². The summed E-state index contributed by atoms with van der Waals surface area (Å²) in [6.45, 7) is 1.29. The van der Waals surface area contributed by atoms with Gasteiger partial charge in [0.05, 0.1) is 21.3 Å². The predicted octanol–water partition coefficient (Wildman–Crippen LogP) is 2.58. The first-order chi connectivity index (χ1) is 12.6. The molecule has 0 radical (unpaired) electrons. The molecule has 1 unspecified atom stereocenters. The average Bonchev–Trinajstić information content (AvgIpc) is 2.66. The van der Waals surface area contributed by atoms with Gasteiger partial charge in [-0.25, -0.2) is 0 Å². The van der Waals surface area contributed by atoms with Crippen molar-refractivity contribution in [2.24, 2.45) is 0 Å². The summed E-state index contributed by atoms with van der Waals surface area (Å²) in [5.74, 6) is 2.56. The van der Waals surface area contributed by atoms with Gasteiger partial charge in [0.25, 0.3) is 0 Å². The van der Waals surface area contributed by atoms with Crippen molar-refractivity contribution >= 4 is 0 Å². The van der Waals surface area contributed by atoms with Gasteiger partial charge >= 0.3 is 0 Å². The predicted molar refractivity (Wildman–Crippen MR) is 100 cm³/mol. The van der Waals surface area contributed by atoms with Crippen LogP contribution in [0.5, 0.6) is 23.0 Å². The smallest absolute Gasteiger partial charge is 0.203 e. The Bertz CT molecular complexity index is 677. The Balaban J connectivity index is 1.95. The molecule has 142 valence electrons. The lowest BCUT2D eigenvalue weighted by atomic mass is 10.1. The third-order valence-corrected chi connectivity index (χ3v) is 3.93. The second-order valence-electron chi connectivity index (χ2n) is 5.97. The Labute approximate surface area is 154 Å². The highest BCUT2D eigenvalue weighted by Gasteiger charge is 2.18. The first-order valence-corrected chi connectivity index (χ1v) is 8.41. The van der Waals surface area contributed by atoms with E-state index >= 15 is 0 Å². The van der Waals surface area contributed by atoms with Crippen LogP contribution in [-0.4, -0.2) is 57.6 Å². The molecule has 26 heavy (non-hydrogen) atoms. The molecule has 0 amide bonds. The van der Waals surface area contributed by atoms with Gasteiger partial charge in [-0.2, -0.15) is 0 Å². The number of nitrogens with zero attached hydrogens (tertiary/aromatic N) is 1. The highest BCUT2D eigenvalue weighted by molar-refractivity contribution is 5.55. The molecule has 0 fully saturated rings. The average molecular weight is 361 g/mol. The molecule has 2 aromatic carbocycles. The van der Waals surface area contributed by atoms with Crippen LogP contribution in [0.25, 0.3) is 0 Å². The van der Waals surface area contributed by atoms with Gasteiger partial charge in [-0.1, -0.05) is 24.3 Å². The molecule has 2 rings (SSSR count). The van der Waals surface area contributed by atoms with Crippen molar-refractivity contribution in [1.82, 2.24) is 4.90 Å². The number of aliphatic hydroxyl groups is 1. The van der Waals surface area contributed by atoms with E-state index in [0.717, 1.165) is 11.3 Å². The van der Waals surface area contributed by atoms with E-state index in [2.05, 4.69) is 0 Å². The quantitative estimate of drug-likeness (QED) is 0.702. The second kappa shape index (κ2) is 9.89. The molecule has 1 atom stereocenters. The molecule has 0 heterocycles. The van der Waals surface area contributed by atoms with Crippen LogP contribution >= 0.6 is 0 Å². The molecule has 0 bridgehead atoms. The van der Waals surface area contributed by atoms with Gasteiger partial charge in [0.1, 0.15) is 18.5 Å². The van der Waals surface area contributed by atoms with E-state index in [1.54, 1.807) is 21.3 Å². The molecule has 0 aliphatic carbocycles. The lowest BCUT2D eigenvalue weighted by Crippen LogP contribution is -2.32. The molecule has 0 saturated heterocycles. The van der Waals surface area contributed by atoms with Crippen LogP contribution < -0.4 is 18.9 Å². The Kier molecular flexibility index (Phi) is 7.56. The molecular formula is C20H27NO5. The number of aliphatic hydroxyl groups excluding tert-OH is 1. The Hall–Kier alpha value is -2.44. The number of ether oxygens (including phenoxy) is 4. The summed E-state index contributed by atoms with van der Waals surface area (Å²) in [6, 6.07) is 13.2. The molecule has 0 aliphatic rings. The standard InChI is InChI=1S/C20H27NO5/c1-21(13-16(22)14-26-17-8-6-5-7-9-17)12-15-10-11-18(23-2)20(25-4)19(15)24-3/h5-11,16,22H,12-14H2,1-4H3. The molecule has 6 heteroatoms. The first-order valence-electron chi connectivity index (χ1n) is 8.41. The van der Waals surface area contributed by atoms with Crippen LogP contribution in [0.1, 0.15) is 5.56 Å². The van der Waals surface area contributed by atoms with E-state index < -0.39 is 6.10 Å². The van der Waals surface area contributed by atoms with E-state index in [4.69, 9.17) is 18.9 Å². The number of hydrogen-bond acceptors (Lipinski definition) is 6. The van der Waals surface area contributed by atoms with Crippen LogP contribution in [0.15, 0.2) is 42.5 Å². The van der Waals surface area contributed by atoms with E-state index in [1.165, 1.54) is 0 Å². The van der Waals surface area contributed by atoms with Crippen molar-refractivity contribution in [2.75, 3.05) is 41.5 Å². The van der Waals surface area contributed by atoms with Crippen molar-refractivity contribution in [3.8, 4) is 23.0 Å². The molecule has 1 N–H and O–H groups in total. The van der Waals surface area contributed by atoms with Gasteiger partial charge in [-0.3, -0.25) is 4.90 Å². The van der Waals surface area contributed by atoms with E-state index in [0.29, 0.717) is 30.3 Å². The minimum absolute atomic E-state index is 0.234. The maximum absolute atomic E-state index is 10.2. The van der Waals surface area contributed by atoms with Gasteiger partial charge in [0, 0.05) is 18.7 Å². The maximum Gasteiger partial charge on any atom is 0.203 e. The zero-order valence-electron chi connectivity index (χ0n) is 15.8. The molecule has 0 saturated carbocycles. The Morgan fingerprint density at radius 1 is 0.923 bits per heavy atom. The fraction of sp³-hybridized carbons (Fsp3) is 0.400. The van der Waals surface area contributed by atoms with Gasteiger partial charge < -0.3 is 24.1 Å². The summed E-state index contributed by atoms with van der Waals surface area (Å²) in [7, 11) is 6.70. The van der Waals surface area contributed by atoms with Crippen molar-refractivity contribution in [1.29, 1.82) is 0 Å². The first kappa shape index (κ1) is 19.9. The molecule has 0 aromatic heterocycles. The summed E-state index contributed by atoms with van der Waals surface area (Å²) < 4.78 is 21.8. The van der Waals surface area contributed by atoms with Crippen LogP contribution in [0.2, 0.25) is 0 Å². The molecule has 0 aliphatic heterocycles. The number of rotatable bonds is 10. The van der Waals surface area contributed by atoms with E-state index in [1.807, 2.05) is 54.4 Å². The number of hydrogen-bond donors (Lipinski definition) is 1. The highest BCUT2D eigenvalue weighted by atomic mass is 16.5. The number of likely N-dealkylation sites (N-methyl/N-ethyl adjacent to an activating group) is 1. The minimum atomic E-state index is -0.605. The largest absolute Gasteiger partial charge is 0.493 e. The molecular weight excluding hydrogens is 334 g/mol. The highest BCUT2D eigenvalue weighted by Crippen LogP contribution is 2.40. The third-order valence-electron chi connectivity index (χ3n) is 3.93. The fourth-order valence-corrected chi connectivity index (χ4v) is 2.76. The van der Waals surface area contributed by atoms with Gasteiger partial charge in [-0.15, -0.1) is 0 Å². The topological polar surface area (TPSA) is 60.4 Å². The molecule has 6 nitrogen and oxygen atoms in total. The lowest BCUT2D eigenvalue weighted by Gasteiger charge is -2.23. The van der Waals surface area contributed by atoms with Gasteiger partial charge in [-0.05, 0) is 25.2 Å². The summed E-state index contributed by atoms with van der Waals surface area (Å²) in [4.78, 5) is 2.00. The van der Waals surface area contributed by atoms with Crippen molar-refractivity contribution in [3.63, 3.8) is 0 Å². The van der Waals surface area contributed by atoms with E-state index in [-0.39, 0.29) is 6.61 Å². The summed E-state index contributed by atoms with van der Waals surface area (Å²) >= 11 is 0. The third kappa shape index (κ3) is 5.28. The van der Waals surface area contributed by atoms with Crippen LogP contribution in [0.4, 0.5) is 0 Å². The van der Waals surface area contributed by atoms with Crippen LogP contribution in [0, 0.1) is 0 Å². The molecule has 0 spiro atoms. The zero-order chi connectivity index (χ0) is 18.9. The van der Waals surface area contributed by atoms with Crippen LogP contribution in [-0.2, 0) is 6.54 Å². The minimum Gasteiger partial charge on any atom is -0.493 e. The summed E-state index contributed by atoms with van der Waals surface area (Å²) in [5, 5.41) is 10.2. The SMILES string of the molecule is COc1ccc(CN(C)CC(O)COc2ccccc2)c(OC)c1OC. The summed E-state index contributed by atoms with van der Waals surface area (Å²) in [5.41, 5.74) is 0.948. The lowest BCUT2D eigenvalue weighted by molar-refractivity contribution is 0.0741. The summed E-state index contributed by atoms with van der Waals surface area (Å²) in [6.07, 6.45) is -0.605. The number of para-hydroxylation sites is 1.